The topological polar surface area (TPSA) is 122 Å². The fraction of sp³-hybridized carbons (Fsp3) is 0.0526. The van der Waals surface area contributed by atoms with Crippen molar-refractivity contribution in [1.29, 1.82) is 5.26 Å². The van der Waals surface area contributed by atoms with Crippen LogP contribution < -0.4 is 9.46 Å². The zero-order chi connectivity index (χ0) is 22.2. The van der Waals surface area contributed by atoms with Gasteiger partial charge in [0.1, 0.15) is 33.8 Å². The van der Waals surface area contributed by atoms with Crippen molar-refractivity contribution in [3.05, 3.63) is 66.1 Å². The number of methoxy groups -OCH3 is 1. The van der Waals surface area contributed by atoms with Crippen molar-refractivity contribution in [2.75, 3.05) is 11.8 Å². The molecule has 31 heavy (non-hydrogen) atoms. The van der Waals surface area contributed by atoms with Crippen LogP contribution in [0.2, 0.25) is 0 Å². The first-order chi connectivity index (χ1) is 14.8. The maximum atomic E-state index is 14.0. The largest absolute Gasteiger partial charge is 0.480 e. The van der Waals surface area contributed by atoms with E-state index >= 15 is 0 Å². The van der Waals surface area contributed by atoms with Gasteiger partial charge in [0.05, 0.1) is 19.0 Å². The third-order valence-corrected chi connectivity index (χ3v) is 5.66. The van der Waals surface area contributed by atoms with E-state index in [-0.39, 0.29) is 17.1 Å². The number of nitriles is 1. The maximum absolute atomic E-state index is 14.0. The predicted octanol–water partition coefficient (Wildman–Crippen LogP) is 2.75. The highest BCUT2D eigenvalue weighted by atomic mass is 32.2. The number of anilines is 1. The minimum atomic E-state index is -4.42. The Bertz CT molecular complexity index is 1460. The number of pyridine rings is 1. The second kappa shape index (κ2) is 7.62. The van der Waals surface area contributed by atoms with Gasteiger partial charge in [0.15, 0.2) is 5.65 Å². The summed E-state index contributed by atoms with van der Waals surface area (Å²) < 4.78 is 61.2. The van der Waals surface area contributed by atoms with Crippen LogP contribution in [0.5, 0.6) is 5.88 Å². The van der Waals surface area contributed by atoms with Crippen molar-refractivity contribution in [1.82, 2.24) is 19.6 Å². The average molecular weight is 442 g/mol. The van der Waals surface area contributed by atoms with Gasteiger partial charge in [-0.05, 0) is 24.3 Å². The lowest BCUT2D eigenvalue weighted by molar-refractivity contribution is 0.400. The van der Waals surface area contributed by atoms with Crippen molar-refractivity contribution >= 4 is 21.4 Å². The Balaban J connectivity index is 1.77. The Morgan fingerprint density at radius 3 is 2.71 bits per heavy atom. The molecule has 0 saturated carbocycles. The minimum Gasteiger partial charge on any atom is -0.480 e. The predicted molar refractivity (Wildman–Crippen MR) is 105 cm³/mol. The zero-order valence-corrected chi connectivity index (χ0v) is 16.6. The molecule has 0 radical (unpaired) electrons. The first-order valence-corrected chi connectivity index (χ1v) is 10.1. The number of nitrogens with one attached hydrogen (secondary N) is 1. The summed E-state index contributed by atoms with van der Waals surface area (Å²) in [6, 6.07) is 7.10. The van der Waals surface area contributed by atoms with Crippen molar-refractivity contribution in [2.45, 2.75) is 4.90 Å². The van der Waals surface area contributed by atoms with Gasteiger partial charge < -0.3 is 4.74 Å². The Morgan fingerprint density at radius 2 is 2.00 bits per heavy atom. The van der Waals surface area contributed by atoms with Crippen LogP contribution in [-0.2, 0) is 10.0 Å². The lowest BCUT2D eigenvalue weighted by atomic mass is 10.2. The van der Waals surface area contributed by atoms with Gasteiger partial charge in [-0.15, -0.1) is 0 Å². The van der Waals surface area contributed by atoms with E-state index < -0.39 is 26.6 Å². The Morgan fingerprint density at radius 1 is 1.19 bits per heavy atom. The molecule has 0 unspecified atom stereocenters. The molecule has 0 amide bonds. The third-order valence-electron chi connectivity index (χ3n) is 4.26. The molecule has 12 heteroatoms. The second-order valence-electron chi connectivity index (χ2n) is 6.21. The van der Waals surface area contributed by atoms with Crippen LogP contribution in [0, 0.1) is 23.0 Å². The fourth-order valence-electron chi connectivity index (χ4n) is 2.83. The molecule has 0 aliphatic heterocycles. The number of ether oxygens (including phenoxy) is 1. The van der Waals surface area contributed by atoms with E-state index in [0.717, 1.165) is 12.1 Å². The summed E-state index contributed by atoms with van der Waals surface area (Å²) in [5.74, 6) is -2.22. The smallest absolute Gasteiger partial charge is 0.264 e. The van der Waals surface area contributed by atoms with Crippen LogP contribution in [-0.4, -0.2) is 35.1 Å². The van der Waals surface area contributed by atoms with E-state index in [0.29, 0.717) is 23.0 Å². The third kappa shape index (κ3) is 3.74. The normalized spacial score (nSPS) is 11.3. The SMILES string of the molecule is COc1ncc(-c2ccn3ncc(C#N)c3n2)cc1NS(=O)(=O)c1ccc(F)cc1F. The molecule has 1 N–H and O–H groups in total. The highest BCUT2D eigenvalue weighted by molar-refractivity contribution is 7.92. The van der Waals surface area contributed by atoms with Gasteiger partial charge in [-0.2, -0.15) is 10.4 Å². The van der Waals surface area contributed by atoms with E-state index in [1.165, 1.54) is 30.1 Å². The van der Waals surface area contributed by atoms with Gasteiger partial charge in [0.25, 0.3) is 10.0 Å². The highest BCUT2D eigenvalue weighted by Crippen LogP contribution is 2.30. The van der Waals surface area contributed by atoms with Crippen LogP contribution in [0.1, 0.15) is 5.56 Å². The molecule has 1 aromatic carbocycles. The van der Waals surface area contributed by atoms with Crippen molar-refractivity contribution in [2.24, 2.45) is 0 Å². The standard InChI is InChI=1S/C19H12F2N6O3S/c1-30-19-16(26-31(28,29)17-3-2-13(20)7-14(17)21)6-11(9-23-19)15-4-5-27-18(25-15)12(8-22)10-24-27/h2-7,9-10,26H,1H3. The summed E-state index contributed by atoms with van der Waals surface area (Å²) in [7, 11) is -3.13. The Kier molecular flexibility index (Phi) is 4.96. The van der Waals surface area contributed by atoms with E-state index in [4.69, 9.17) is 4.74 Å². The highest BCUT2D eigenvalue weighted by Gasteiger charge is 2.22. The van der Waals surface area contributed by atoms with Gasteiger partial charge in [-0.3, -0.25) is 4.72 Å². The number of fused-ring (bicyclic) bond motifs is 1. The van der Waals surface area contributed by atoms with Crippen molar-refractivity contribution in [3.8, 4) is 23.2 Å². The number of halogens is 2. The number of aromatic nitrogens is 4. The average Bonchev–Trinajstić information content (AvgIpc) is 3.15. The van der Waals surface area contributed by atoms with Crippen LogP contribution in [0.25, 0.3) is 16.9 Å². The quantitative estimate of drug-likeness (QED) is 0.504. The zero-order valence-electron chi connectivity index (χ0n) is 15.7. The van der Waals surface area contributed by atoms with Crippen LogP contribution in [0.15, 0.2) is 53.8 Å². The molecule has 0 aliphatic carbocycles. The number of hydrogen-bond donors (Lipinski definition) is 1. The lowest BCUT2D eigenvalue weighted by Crippen LogP contribution is -2.16. The molecule has 0 bridgehead atoms. The van der Waals surface area contributed by atoms with E-state index in [1.807, 2.05) is 6.07 Å². The first-order valence-electron chi connectivity index (χ1n) is 8.59. The summed E-state index contributed by atoms with van der Waals surface area (Å²) in [4.78, 5) is 7.70. The lowest BCUT2D eigenvalue weighted by Gasteiger charge is -2.13. The van der Waals surface area contributed by atoms with Crippen molar-refractivity contribution < 1.29 is 21.9 Å². The molecule has 0 aliphatic rings. The molecule has 0 fully saturated rings. The maximum Gasteiger partial charge on any atom is 0.264 e. The molecule has 156 valence electrons. The van der Waals surface area contributed by atoms with E-state index in [1.54, 1.807) is 12.3 Å². The second-order valence-corrected chi connectivity index (χ2v) is 7.86. The molecular formula is C19H12F2N6O3S. The first kappa shape index (κ1) is 20.2. The Hall–Kier alpha value is -4.11. The van der Waals surface area contributed by atoms with Crippen molar-refractivity contribution in [3.63, 3.8) is 0 Å². The van der Waals surface area contributed by atoms with Gasteiger partial charge in [-0.1, -0.05) is 0 Å². The molecule has 3 heterocycles. The number of benzene rings is 1. The Labute approximate surface area is 174 Å². The fourth-order valence-corrected chi connectivity index (χ4v) is 3.94. The summed E-state index contributed by atoms with van der Waals surface area (Å²) >= 11 is 0. The summed E-state index contributed by atoms with van der Waals surface area (Å²) in [5, 5.41) is 13.2. The van der Waals surface area contributed by atoms with E-state index in [9.17, 15) is 22.5 Å². The number of hydrogen-bond acceptors (Lipinski definition) is 7. The van der Waals surface area contributed by atoms with Gasteiger partial charge >= 0.3 is 0 Å². The molecular weight excluding hydrogens is 430 g/mol. The number of sulfonamides is 1. The van der Waals surface area contributed by atoms with Gasteiger partial charge in [0, 0.05) is 24.0 Å². The molecule has 3 aromatic heterocycles. The molecule has 4 aromatic rings. The monoisotopic (exact) mass is 442 g/mol. The van der Waals surface area contributed by atoms with Gasteiger partial charge in [-0.25, -0.2) is 31.7 Å². The summed E-state index contributed by atoms with van der Waals surface area (Å²) in [5.41, 5.74) is 1.26. The molecule has 0 spiro atoms. The molecule has 9 nitrogen and oxygen atoms in total. The summed E-state index contributed by atoms with van der Waals surface area (Å²) in [6.07, 6.45) is 4.35. The van der Waals surface area contributed by atoms with E-state index in [2.05, 4.69) is 19.8 Å². The number of nitrogens with zero attached hydrogens (tertiary/aromatic N) is 5. The minimum absolute atomic E-state index is 0.0713. The van der Waals surface area contributed by atoms with Crippen LogP contribution in [0.4, 0.5) is 14.5 Å². The number of rotatable bonds is 5. The van der Waals surface area contributed by atoms with Crippen LogP contribution in [0.3, 0.4) is 0 Å². The van der Waals surface area contributed by atoms with Gasteiger partial charge in [0.2, 0.25) is 5.88 Å². The molecule has 0 saturated heterocycles. The molecule has 4 rings (SSSR count). The van der Waals surface area contributed by atoms with Crippen LogP contribution >= 0.6 is 0 Å². The molecule has 0 atom stereocenters. The summed E-state index contributed by atoms with van der Waals surface area (Å²) in [6.45, 7) is 0.